The van der Waals surface area contributed by atoms with E-state index < -0.39 is 0 Å². The number of furan rings is 1. The highest BCUT2D eigenvalue weighted by Gasteiger charge is 2.07. The van der Waals surface area contributed by atoms with Crippen molar-refractivity contribution >= 4 is 17.7 Å². The van der Waals surface area contributed by atoms with E-state index in [0.29, 0.717) is 6.54 Å². The summed E-state index contributed by atoms with van der Waals surface area (Å²) < 4.78 is 5.44. The number of benzene rings is 1. The van der Waals surface area contributed by atoms with Crippen LogP contribution in [-0.2, 0) is 19.6 Å². The molecule has 0 spiro atoms. The second-order valence-corrected chi connectivity index (χ2v) is 7.12. The number of nitrogens with zero attached hydrogens (tertiary/aromatic N) is 2. The number of nitrogens with one attached hydrogen (secondary N) is 2. The molecule has 0 aliphatic heterocycles. The number of rotatable bonds is 10. The van der Waals surface area contributed by atoms with Gasteiger partial charge in [-0.15, -0.1) is 0 Å². The van der Waals surface area contributed by atoms with Crippen molar-refractivity contribution in [1.29, 1.82) is 0 Å². The third kappa shape index (κ3) is 7.14. The Morgan fingerprint density at radius 1 is 1.12 bits per heavy atom. The lowest BCUT2D eigenvalue weighted by Crippen LogP contribution is -2.38. The summed E-state index contributed by atoms with van der Waals surface area (Å²) in [4.78, 5) is 7.00. The van der Waals surface area contributed by atoms with Gasteiger partial charge in [0.05, 0.1) is 19.4 Å². The highest BCUT2D eigenvalue weighted by molar-refractivity contribution is 7.98. The molecule has 2 aromatic rings. The van der Waals surface area contributed by atoms with Crippen LogP contribution in [0.1, 0.15) is 23.8 Å². The molecule has 0 atom stereocenters. The van der Waals surface area contributed by atoms with Crippen LogP contribution in [0.5, 0.6) is 0 Å². The van der Waals surface area contributed by atoms with Crippen LogP contribution in [0.25, 0.3) is 0 Å². The van der Waals surface area contributed by atoms with Gasteiger partial charge in [-0.3, -0.25) is 4.90 Å². The number of thioether (sulfide) groups is 1. The minimum absolute atomic E-state index is 0.666. The Kier molecular flexibility index (Phi) is 9.14. The van der Waals surface area contributed by atoms with Gasteiger partial charge in [-0.25, -0.2) is 4.99 Å². The molecule has 0 fully saturated rings. The van der Waals surface area contributed by atoms with Gasteiger partial charge in [0.15, 0.2) is 5.96 Å². The van der Waals surface area contributed by atoms with Crippen molar-refractivity contribution in [3.05, 3.63) is 59.5 Å². The summed E-state index contributed by atoms with van der Waals surface area (Å²) in [7, 11) is 2.11. The van der Waals surface area contributed by atoms with Gasteiger partial charge in [0.25, 0.3) is 0 Å². The first-order valence-corrected chi connectivity index (χ1v) is 10.4. The van der Waals surface area contributed by atoms with Crippen molar-refractivity contribution < 1.29 is 4.42 Å². The summed E-state index contributed by atoms with van der Waals surface area (Å²) in [5.74, 6) is 2.93. The van der Waals surface area contributed by atoms with Gasteiger partial charge in [-0.1, -0.05) is 24.3 Å². The number of guanidine groups is 1. The van der Waals surface area contributed by atoms with Crippen LogP contribution in [0.3, 0.4) is 0 Å². The molecule has 0 aliphatic rings. The molecule has 1 aromatic heterocycles. The molecule has 2 rings (SSSR count). The summed E-state index contributed by atoms with van der Waals surface area (Å²) in [6, 6.07) is 12.4. The normalized spacial score (nSPS) is 11.8. The Labute approximate surface area is 161 Å². The lowest BCUT2D eigenvalue weighted by Gasteiger charge is -2.17. The zero-order valence-electron chi connectivity index (χ0n) is 16.0. The Morgan fingerprint density at radius 2 is 1.92 bits per heavy atom. The van der Waals surface area contributed by atoms with Gasteiger partial charge >= 0.3 is 0 Å². The van der Waals surface area contributed by atoms with Gasteiger partial charge in [0, 0.05) is 25.4 Å². The molecule has 1 heterocycles. The third-order valence-electron chi connectivity index (χ3n) is 3.91. The van der Waals surface area contributed by atoms with Crippen LogP contribution in [0.15, 0.2) is 52.1 Å². The van der Waals surface area contributed by atoms with Crippen molar-refractivity contribution in [3.63, 3.8) is 0 Å². The SMILES string of the molecule is CCNC(=NCc1ccccc1CN(C)Cc1ccco1)NCCSC. The first kappa shape index (κ1) is 20.4. The highest BCUT2D eigenvalue weighted by Crippen LogP contribution is 2.14. The Balaban J connectivity index is 1.98. The monoisotopic (exact) mass is 374 g/mol. The van der Waals surface area contributed by atoms with Crippen LogP contribution in [0.4, 0.5) is 0 Å². The van der Waals surface area contributed by atoms with Gasteiger partial charge in [0.1, 0.15) is 5.76 Å². The van der Waals surface area contributed by atoms with Gasteiger partial charge < -0.3 is 15.1 Å². The molecule has 6 heteroatoms. The van der Waals surface area contributed by atoms with E-state index in [1.807, 2.05) is 23.9 Å². The summed E-state index contributed by atoms with van der Waals surface area (Å²) >= 11 is 1.83. The molecule has 0 unspecified atom stereocenters. The van der Waals surface area contributed by atoms with Crippen LogP contribution >= 0.6 is 11.8 Å². The van der Waals surface area contributed by atoms with Crippen molar-refractivity contribution in [2.45, 2.75) is 26.6 Å². The fourth-order valence-corrected chi connectivity index (χ4v) is 2.96. The highest BCUT2D eigenvalue weighted by atomic mass is 32.2. The van der Waals surface area contributed by atoms with E-state index in [2.05, 4.69) is 60.0 Å². The Hall–Kier alpha value is -1.92. The molecular weight excluding hydrogens is 344 g/mol. The minimum Gasteiger partial charge on any atom is -0.468 e. The number of hydrogen-bond donors (Lipinski definition) is 2. The summed E-state index contributed by atoms with van der Waals surface area (Å²) in [5, 5.41) is 6.69. The average molecular weight is 375 g/mol. The second kappa shape index (κ2) is 11.6. The second-order valence-electron chi connectivity index (χ2n) is 6.14. The molecular formula is C20H30N4OS. The molecule has 0 saturated heterocycles. The molecule has 2 N–H and O–H groups in total. The molecule has 0 amide bonds. The van der Waals surface area contributed by atoms with E-state index >= 15 is 0 Å². The first-order chi connectivity index (χ1) is 12.7. The predicted octanol–water partition coefficient (Wildman–Crippen LogP) is 3.33. The van der Waals surface area contributed by atoms with Crippen molar-refractivity contribution in [2.24, 2.45) is 4.99 Å². The maximum absolute atomic E-state index is 5.44. The van der Waals surface area contributed by atoms with E-state index in [-0.39, 0.29) is 0 Å². The largest absolute Gasteiger partial charge is 0.468 e. The van der Waals surface area contributed by atoms with E-state index in [1.54, 1.807) is 6.26 Å². The lowest BCUT2D eigenvalue weighted by atomic mass is 10.1. The van der Waals surface area contributed by atoms with Crippen molar-refractivity contribution in [2.75, 3.05) is 32.1 Å². The molecule has 0 saturated carbocycles. The lowest BCUT2D eigenvalue weighted by molar-refractivity contribution is 0.287. The maximum atomic E-state index is 5.44. The summed E-state index contributed by atoms with van der Waals surface area (Å²) in [5.41, 5.74) is 2.55. The molecule has 5 nitrogen and oxygen atoms in total. The quantitative estimate of drug-likeness (QED) is 0.380. The Bertz CT molecular complexity index is 658. The standard InChI is InChI=1S/C20H30N4OS/c1-4-21-20(22-11-13-26-3)23-14-17-8-5-6-9-18(17)15-24(2)16-19-10-7-12-25-19/h5-10,12H,4,11,13-16H2,1-3H3,(H2,21,22,23). The zero-order chi connectivity index (χ0) is 18.6. The molecule has 0 bridgehead atoms. The van der Waals surface area contributed by atoms with Crippen molar-refractivity contribution in [1.82, 2.24) is 15.5 Å². The Morgan fingerprint density at radius 3 is 2.62 bits per heavy atom. The van der Waals surface area contributed by atoms with E-state index in [4.69, 9.17) is 9.41 Å². The minimum atomic E-state index is 0.666. The van der Waals surface area contributed by atoms with E-state index in [0.717, 1.165) is 43.7 Å². The van der Waals surface area contributed by atoms with Crippen molar-refractivity contribution in [3.8, 4) is 0 Å². The number of hydrogen-bond acceptors (Lipinski definition) is 4. The molecule has 142 valence electrons. The zero-order valence-corrected chi connectivity index (χ0v) is 16.8. The van der Waals surface area contributed by atoms with Gasteiger partial charge in [-0.2, -0.15) is 11.8 Å². The average Bonchev–Trinajstić information content (AvgIpc) is 3.13. The first-order valence-electron chi connectivity index (χ1n) is 9.01. The van der Waals surface area contributed by atoms with Crippen LogP contribution in [-0.4, -0.2) is 43.0 Å². The van der Waals surface area contributed by atoms with Gasteiger partial charge in [0.2, 0.25) is 0 Å². The fraction of sp³-hybridized carbons (Fsp3) is 0.450. The molecule has 26 heavy (non-hydrogen) atoms. The van der Waals surface area contributed by atoms with Crippen LogP contribution in [0, 0.1) is 0 Å². The summed E-state index contributed by atoms with van der Waals surface area (Å²) in [6.07, 6.45) is 3.83. The van der Waals surface area contributed by atoms with E-state index in [9.17, 15) is 0 Å². The third-order valence-corrected chi connectivity index (χ3v) is 4.53. The molecule has 1 aromatic carbocycles. The van der Waals surface area contributed by atoms with Crippen LogP contribution < -0.4 is 10.6 Å². The summed E-state index contributed by atoms with van der Waals surface area (Å²) in [6.45, 7) is 6.19. The predicted molar refractivity (Wildman–Crippen MR) is 112 cm³/mol. The van der Waals surface area contributed by atoms with Crippen LogP contribution in [0.2, 0.25) is 0 Å². The topological polar surface area (TPSA) is 52.8 Å². The van der Waals surface area contributed by atoms with Gasteiger partial charge in [-0.05, 0) is 43.5 Å². The number of aliphatic imine (C=N–C) groups is 1. The fourth-order valence-electron chi connectivity index (χ4n) is 2.66. The maximum Gasteiger partial charge on any atom is 0.191 e. The molecule has 0 aliphatic carbocycles. The smallest absolute Gasteiger partial charge is 0.191 e. The van der Waals surface area contributed by atoms with E-state index in [1.165, 1.54) is 11.1 Å². The molecule has 0 radical (unpaired) electrons.